The van der Waals surface area contributed by atoms with Crippen molar-refractivity contribution in [3.8, 4) is 22.4 Å². The van der Waals surface area contributed by atoms with E-state index in [9.17, 15) is 39.2 Å². The summed E-state index contributed by atoms with van der Waals surface area (Å²) in [6, 6.07) is 24.6. The van der Waals surface area contributed by atoms with Crippen LogP contribution in [-0.4, -0.2) is 78.8 Å². The lowest BCUT2D eigenvalue weighted by atomic mass is 9.94. The molecule has 0 aliphatic rings. The molecule has 0 spiro atoms. The number of benzene rings is 3. The second kappa shape index (κ2) is 19.1. The minimum absolute atomic E-state index is 0.0523. The molecule has 4 aromatic rings. The first kappa shape index (κ1) is 39.9. The zero-order valence-electron chi connectivity index (χ0n) is 29.4. The van der Waals surface area contributed by atoms with Gasteiger partial charge in [-0.3, -0.25) is 14.4 Å². The Kier molecular flexibility index (Phi) is 14.7. The van der Waals surface area contributed by atoms with E-state index in [1.54, 1.807) is 24.3 Å². The summed E-state index contributed by atoms with van der Waals surface area (Å²) in [4.78, 5) is 37.4. The number of amides is 2. The van der Waals surface area contributed by atoms with Gasteiger partial charge in [0.05, 0.1) is 48.5 Å². The Balaban J connectivity index is 1.55. The van der Waals surface area contributed by atoms with Crippen molar-refractivity contribution in [2.24, 2.45) is 0 Å². The molecule has 0 saturated carbocycles. The van der Waals surface area contributed by atoms with Crippen LogP contribution in [-0.2, 0) is 16.1 Å². The van der Waals surface area contributed by atoms with Crippen LogP contribution in [0.5, 0.6) is 0 Å². The third-order valence-corrected chi connectivity index (χ3v) is 8.69. The van der Waals surface area contributed by atoms with Crippen molar-refractivity contribution in [2.75, 3.05) is 11.9 Å². The van der Waals surface area contributed by atoms with Crippen LogP contribution in [0.1, 0.15) is 74.3 Å². The number of halogens is 1. The number of carboxylic acids is 1. The molecule has 2 amide bonds. The van der Waals surface area contributed by atoms with E-state index in [4.69, 9.17) is 5.11 Å². The molecule has 0 saturated heterocycles. The average Bonchev–Trinajstić information content (AvgIpc) is 3.43. The van der Waals surface area contributed by atoms with Gasteiger partial charge in [-0.2, -0.15) is 0 Å². The van der Waals surface area contributed by atoms with Crippen LogP contribution in [0.3, 0.4) is 0 Å². The standard InChI is InChI=1S/C40H48FN3O8/c1-25(2)38-37(40(52)43-29-11-7-4-8-12-29)36(26-9-5-3-6-10-26)39(27-13-15-28(41)16-14-27)44(38)20-18-31(46)22-32(47)23-34(49)42-19-17-30(45)21-33(48)24-35(50)51/h3-16,25,30-33,45-48H,17-24H2,1-2H3,(H,42,49)(H,43,52)(H,50,51)/t30-,31?,32?,33?/m1/s1. The van der Waals surface area contributed by atoms with Crippen molar-refractivity contribution in [1.82, 2.24) is 9.88 Å². The molecular weight excluding hydrogens is 669 g/mol. The first-order valence-electron chi connectivity index (χ1n) is 17.5. The summed E-state index contributed by atoms with van der Waals surface area (Å²) in [7, 11) is 0. The second-order valence-electron chi connectivity index (χ2n) is 13.3. The number of aliphatic hydroxyl groups excluding tert-OH is 4. The number of aromatic nitrogens is 1. The van der Waals surface area contributed by atoms with Gasteiger partial charge in [0.2, 0.25) is 5.91 Å². The zero-order valence-corrected chi connectivity index (χ0v) is 29.4. The highest BCUT2D eigenvalue weighted by Crippen LogP contribution is 2.42. The molecule has 0 aliphatic carbocycles. The number of hydrogen-bond donors (Lipinski definition) is 7. The van der Waals surface area contributed by atoms with E-state index in [1.165, 1.54) is 12.1 Å². The number of aliphatic hydroxyl groups is 4. The summed E-state index contributed by atoms with van der Waals surface area (Å²) in [5, 5.41) is 55.8. The van der Waals surface area contributed by atoms with E-state index in [2.05, 4.69) is 10.6 Å². The van der Waals surface area contributed by atoms with Crippen molar-refractivity contribution in [3.05, 3.63) is 102 Å². The Morgan fingerprint density at radius 3 is 1.90 bits per heavy atom. The van der Waals surface area contributed by atoms with Crippen molar-refractivity contribution < 1.29 is 44.3 Å². The predicted octanol–water partition coefficient (Wildman–Crippen LogP) is 5.32. The van der Waals surface area contributed by atoms with Gasteiger partial charge in [-0.25, -0.2) is 4.39 Å². The Morgan fingerprint density at radius 1 is 0.731 bits per heavy atom. The molecule has 4 rings (SSSR count). The van der Waals surface area contributed by atoms with Gasteiger partial charge in [-0.15, -0.1) is 0 Å². The quantitative estimate of drug-likeness (QED) is 0.0681. The maximum absolute atomic E-state index is 14.2. The van der Waals surface area contributed by atoms with Gasteiger partial charge in [-0.1, -0.05) is 62.4 Å². The van der Waals surface area contributed by atoms with E-state index in [0.717, 1.165) is 11.3 Å². The molecule has 1 aromatic heterocycles. The summed E-state index contributed by atoms with van der Waals surface area (Å²) in [5.41, 5.74) is 4.60. The molecule has 3 aromatic carbocycles. The predicted molar refractivity (Wildman–Crippen MR) is 196 cm³/mol. The maximum atomic E-state index is 14.2. The van der Waals surface area contributed by atoms with E-state index in [-0.39, 0.29) is 57.0 Å². The molecule has 12 heteroatoms. The average molecular weight is 718 g/mol. The Labute approximate surface area is 302 Å². The summed E-state index contributed by atoms with van der Waals surface area (Å²) in [6.45, 7) is 4.25. The van der Waals surface area contributed by atoms with E-state index in [1.807, 2.05) is 66.9 Å². The largest absolute Gasteiger partial charge is 0.481 e. The first-order chi connectivity index (χ1) is 24.8. The number of nitrogens with one attached hydrogen (secondary N) is 2. The molecule has 0 radical (unpaired) electrons. The number of nitrogens with zero attached hydrogens (tertiary/aromatic N) is 1. The fourth-order valence-corrected chi connectivity index (χ4v) is 6.38. The van der Waals surface area contributed by atoms with Crippen LogP contribution in [0.25, 0.3) is 22.4 Å². The van der Waals surface area contributed by atoms with Crippen molar-refractivity contribution in [2.45, 2.75) is 89.3 Å². The van der Waals surface area contributed by atoms with Crippen molar-refractivity contribution in [1.29, 1.82) is 0 Å². The van der Waals surface area contributed by atoms with Crippen LogP contribution >= 0.6 is 0 Å². The summed E-state index contributed by atoms with van der Waals surface area (Å²) in [5.74, 6) is -2.56. The minimum Gasteiger partial charge on any atom is -0.481 e. The third kappa shape index (κ3) is 11.3. The molecule has 1 heterocycles. The molecule has 278 valence electrons. The molecule has 11 nitrogen and oxygen atoms in total. The van der Waals surface area contributed by atoms with Gasteiger partial charge in [0.15, 0.2) is 0 Å². The van der Waals surface area contributed by atoms with E-state index < -0.39 is 48.5 Å². The first-order valence-corrected chi connectivity index (χ1v) is 17.5. The molecule has 0 fully saturated rings. The molecule has 3 unspecified atom stereocenters. The lowest BCUT2D eigenvalue weighted by molar-refractivity contribution is -0.139. The Hall–Kier alpha value is -4.88. The van der Waals surface area contributed by atoms with Gasteiger partial charge in [-0.05, 0) is 79.1 Å². The number of para-hydroxylation sites is 1. The van der Waals surface area contributed by atoms with E-state index in [0.29, 0.717) is 28.1 Å². The highest BCUT2D eigenvalue weighted by atomic mass is 19.1. The Morgan fingerprint density at radius 2 is 1.31 bits per heavy atom. The SMILES string of the molecule is CC(C)c1c(C(=O)Nc2ccccc2)c(-c2ccccc2)c(-c2ccc(F)cc2)n1CCC(O)CC(O)CC(=O)NCC[C@@H](O)CC(O)CC(=O)O. The molecule has 4 atom stereocenters. The molecule has 7 N–H and O–H groups in total. The zero-order chi connectivity index (χ0) is 37.8. The molecule has 0 aliphatic heterocycles. The van der Waals surface area contributed by atoms with Gasteiger partial charge >= 0.3 is 5.97 Å². The fraction of sp³-hybridized carbons (Fsp3) is 0.375. The highest BCUT2D eigenvalue weighted by molar-refractivity contribution is 6.12. The number of hydrogen-bond acceptors (Lipinski definition) is 7. The lowest BCUT2D eigenvalue weighted by Gasteiger charge is -2.20. The number of carbonyl (C=O) groups is 3. The van der Waals surface area contributed by atoms with Gasteiger partial charge in [0.1, 0.15) is 5.82 Å². The van der Waals surface area contributed by atoms with Gasteiger partial charge in [0.25, 0.3) is 5.91 Å². The molecule has 52 heavy (non-hydrogen) atoms. The van der Waals surface area contributed by atoms with Gasteiger partial charge < -0.3 is 40.7 Å². The summed E-state index contributed by atoms with van der Waals surface area (Å²) in [6.07, 6.45) is -5.20. The lowest BCUT2D eigenvalue weighted by Crippen LogP contribution is -2.32. The summed E-state index contributed by atoms with van der Waals surface area (Å²) >= 11 is 0. The van der Waals surface area contributed by atoms with Crippen LogP contribution in [0.2, 0.25) is 0 Å². The number of rotatable bonds is 19. The number of aliphatic carboxylic acids is 1. The molecular formula is C40H48FN3O8. The van der Waals surface area contributed by atoms with E-state index >= 15 is 0 Å². The summed E-state index contributed by atoms with van der Waals surface area (Å²) < 4.78 is 16.2. The topological polar surface area (TPSA) is 181 Å². The van der Waals surface area contributed by atoms with Crippen molar-refractivity contribution >= 4 is 23.5 Å². The monoisotopic (exact) mass is 717 g/mol. The smallest absolute Gasteiger partial charge is 0.305 e. The van der Waals surface area contributed by atoms with Crippen LogP contribution in [0, 0.1) is 5.82 Å². The van der Waals surface area contributed by atoms with Crippen LogP contribution < -0.4 is 10.6 Å². The van der Waals surface area contributed by atoms with Gasteiger partial charge in [0, 0.05) is 30.0 Å². The second-order valence-corrected chi connectivity index (χ2v) is 13.3. The van der Waals surface area contributed by atoms with Crippen LogP contribution in [0.4, 0.5) is 10.1 Å². The fourth-order valence-electron chi connectivity index (χ4n) is 6.38. The highest BCUT2D eigenvalue weighted by Gasteiger charge is 2.31. The normalized spacial score (nSPS) is 13.7. The third-order valence-electron chi connectivity index (χ3n) is 8.69. The van der Waals surface area contributed by atoms with Crippen LogP contribution in [0.15, 0.2) is 84.9 Å². The number of carboxylic acid groups (broad SMARTS) is 1. The number of anilines is 1. The number of carbonyl (C=O) groups excluding carboxylic acids is 2. The molecule has 0 bridgehead atoms. The Bertz CT molecular complexity index is 1760. The maximum Gasteiger partial charge on any atom is 0.305 e. The minimum atomic E-state index is -1.20. The van der Waals surface area contributed by atoms with Crippen molar-refractivity contribution in [3.63, 3.8) is 0 Å².